The predicted octanol–water partition coefficient (Wildman–Crippen LogP) is 0.670. The summed E-state index contributed by atoms with van der Waals surface area (Å²) in [5.41, 5.74) is 0. The largest absolute Gasteiger partial charge is 0.378 e. The van der Waals surface area contributed by atoms with Crippen molar-refractivity contribution in [3.8, 4) is 0 Å². The predicted molar refractivity (Wildman–Crippen MR) is 62.2 cm³/mol. The molecule has 2 atom stereocenters. The number of carbonyl (C=O) groups is 1. The normalized spacial score (nSPS) is 28.9. The van der Waals surface area contributed by atoms with Gasteiger partial charge >= 0.3 is 0 Å². The fraction of sp³-hybridized carbons (Fsp3) is 0.917. The van der Waals surface area contributed by atoms with Gasteiger partial charge in [0.25, 0.3) is 0 Å². The Hall–Kier alpha value is -0.610. The van der Waals surface area contributed by atoms with Crippen molar-refractivity contribution < 1.29 is 9.53 Å². The minimum Gasteiger partial charge on any atom is -0.378 e. The van der Waals surface area contributed by atoms with Gasteiger partial charge in [-0.1, -0.05) is 12.8 Å². The van der Waals surface area contributed by atoms with E-state index in [1.54, 1.807) is 0 Å². The third-order valence-corrected chi connectivity index (χ3v) is 3.72. The molecule has 0 aromatic carbocycles. The van der Waals surface area contributed by atoms with E-state index in [1.165, 1.54) is 25.7 Å². The lowest BCUT2D eigenvalue weighted by Crippen LogP contribution is -2.53. The van der Waals surface area contributed by atoms with Crippen LogP contribution in [0.1, 0.15) is 32.6 Å². The molecule has 1 amide bonds. The molecule has 4 heteroatoms. The molecule has 2 aliphatic rings. The molecule has 0 radical (unpaired) electrons. The van der Waals surface area contributed by atoms with Gasteiger partial charge in [0.2, 0.25) is 5.91 Å². The Balaban J connectivity index is 1.76. The van der Waals surface area contributed by atoms with Gasteiger partial charge in [0, 0.05) is 12.6 Å². The van der Waals surface area contributed by atoms with Gasteiger partial charge in [0.1, 0.15) is 6.04 Å². The van der Waals surface area contributed by atoms with Crippen LogP contribution in [0.4, 0.5) is 0 Å². The highest BCUT2D eigenvalue weighted by Gasteiger charge is 2.26. The van der Waals surface area contributed by atoms with E-state index in [1.807, 2.05) is 0 Å². The summed E-state index contributed by atoms with van der Waals surface area (Å²) in [7, 11) is 0. The summed E-state index contributed by atoms with van der Waals surface area (Å²) in [4.78, 5) is 11.9. The van der Waals surface area contributed by atoms with Gasteiger partial charge in [-0.3, -0.25) is 4.79 Å². The molecule has 1 aliphatic heterocycles. The first-order valence-corrected chi connectivity index (χ1v) is 6.39. The van der Waals surface area contributed by atoms with Gasteiger partial charge < -0.3 is 15.4 Å². The summed E-state index contributed by atoms with van der Waals surface area (Å²) in [5.74, 6) is 0.771. The summed E-state index contributed by atoms with van der Waals surface area (Å²) >= 11 is 0. The van der Waals surface area contributed by atoms with E-state index < -0.39 is 0 Å². The number of hydrogen-bond acceptors (Lipinski definition) is 3. The number of nitrogens with one attached hydrogen (secondary N) is 2. The first-order chi connectivity index (χ1) is 7.77. The van der Waals surface area contributed by atoms with E-state index in [4.69, 9.17) is 4.74 Å². The Morgan fingerprint density at radius 1 is 1.44 bits per heavy atom. The SMILES string of the molecule is CC(NC(=O)C1COCCN1)C1CCCC1. The third kappa shape index (κ3) is 2.95. The Bertz CT molecular complexity index is 233. The minimum absolute atomic E-state index is 0.0964. The molecule has 0 aromatic heterocycles. The maximum Gasteiger partial charge on any atom is 0.239 e. The second-order valence-electron chi connectivity index (χ2n) is 4.92. The van der Waals surface area contributed by atoms with Crippen molar-refractivity contribution >= 4 is 5.91 Å². The topological polar surface area (TPSA) is 50.4 Å². The molecule has 2 N–H and O–H groups in total. The molecule has 4 nitrogen and oxygen atoms in total. The fourth-order valence-electron chi connectivity index (χ4n) is 2.63. The van der Waals surface area contributed by atoms with Crippen LogP contribution in [0.5, 0.6) is 0 Å². The van der Waals surface area contributed by atoms with Gasteiger partial charge in [0.15, 0.2) is 0 Å². The molecule has 2 rings (SSSR count). The molecular weight excluding hydrogens is 204 g/mol. The van der Waals surface area contributed by atoms with Crippen molar-refractivity contribution in [2.24, 2.45) is 5.92 Å². The van der Waals surface area contributed by atoms with Crippen LogP contribution < -0.4 is 10.6 Å². The molecule has 0 aromatic rings. The van der Waals surface area contributed by atoms with Crippen LogP contribution in [0.25, 0.3) is 0 Å². The lowest BCUT2D eigenvalue weighted by Gasteiger charge is -2.26. The Morgan fingerprint density at radius 2 is 2.19 bits per heavy atom. The quantitative estimate of drug-likeness (QED) is 0.743. The van der Waals surface area contributed by atoms with Gasteiger partial charge in [-0.25, -0.2) is 0 Å². The monoisotopic (exact) mass is 226 g/mol. The lowest BCUT2D eigenvalue weighted by atomic mass is 9.99. The number of hydrogen-bond donors (Lipinski definition) is 2. The number of carbonyl (C=O) groups excluding carboxylic acids is 1. The van der Waals surface area contributed by atoms with E-state index >= 15 is 0 Å². The lowest BCUT2D eigenvalue weighted by molar-refractivity contribution is -0.126. The van der Waals surface area contributed by atoms with Crippen molar-refractivity contribution in [1.82, 2.24) is 10.6 Å². The van der Waals surface area contributed by atoms with Crippen LogP contribution in [-0.4, -0.2) is 37.7 Å². The summed E-state index contributed by atoms with van der Waals surface area (Å²) < 4.78 is 5.29. The summed E-state index contributed by atoms with van der Waals surface area (Å²) in [5, 5.41) is 6.29. The van der Waals surface area contributed by atoms with Crippen LogP contribution in [0.15, 0.2) is 0 Å². The molecule has 92 valence electrons. The highest BCUT2D eigenvalue weighted by Crippen LogP contribution is 2.27. The molecule has 2 fully saturated rings. The summed E-state index contributed by atoms with van der Waals surface area (Å²) in [6.45, 7) is 4.11. The van der Waals surface area contributed by atoms with Crippen molar-refractivity contribution in [3.05, 3.63) is 0 Å². The van der Waals surface area contributed by atoms with E-state index in [-0.39, 0.29) is 11.9 Å². The van der Waals surface area contributed by atoms with Crippen LogP contribution in [-0.2, 0) is 9.53 Å². The summed E-state index contributed by atoms with van der Waals surface area (Å²) in [6.07, 6.45) is 5.15. The van der Waals surface area contributed by atoms with Crippen molar-refractivity contribution in [1.29, 1.82) is 0 Å². The van der Waals surface area contributed by atoms with E-state index in [0.717, 1.165) is 6.54 Å². The fourth-order valence-corrected chi connectivity index (χ4v) is 2.63. The molecule has 1 aliphatic carbocycles. The average molecular weight is 226 g/mol. The molecular formula is C12H22N2O2. The Kier molecular flexibility index (Phi) is 4.18. The number of morpholine rings is 1. The molecule has 16 heavy (non-hydrogen) atoms. The van der Waals surface area contributed by atoms with Crippen molar-refractivity contribution in [2.45, 2.75) is 44.7 Å². The second kappa shape index (κ2) is 5.64. The van der Waals surface area contributed by atoms with Gasteiger partial charge in [0.05, 0.1) is 13.2 Å². The molecule has 0 spiro atoms. The third-order valence-electron chi connectivity index (χ3n) is 3.72. The zero-order chi connectivity index (χ0) is 11.4. The van der Waals surface area contributed by atoms with E-state index in [2.05, 4.69) is 17.6 Å². The molecule has 1 saturated carbocycles. The van der Waals surface area contributed by atoms with E-state index in [9.17, 15) is 4.79 Å². The number of ether oxygens (including phenoxy) is 1. The highest BCUT2D eigenvalue weighted by molar-refractivity contribution is 5.82. The Labute approximate surface area is 97.1 Å². The van der Waals surface area contributed by atoms with Crippen LogP contribution >= 0.6 is 0 Å². The molecule has 1 heterocycles. The van der Waals surface area contributed by atoms with Crippen LogP contribution in [0, 0.1) is 5.92 Å². The maximum absolute atomic E-state index is 11.9. The zero-order valence-electron chi connectivity index (χ0n) is 10.00. The smallest absolute Gasteiger partial charge is 0.239 e. The molecule has 0 bridgehead atoms. The Morgan fingerprint density at radius 3 is 2.81 bits per heavy atom. The first kappa shape index (κ1) is 11.9. The average Bonchev–Trinajstić information content (AvgIpc) is 2.83. The van der Waals surface area contributed by atoms with Crippen LogP contribution in [0.2, 0.25) is 0 Å². The van der Waals surface area contributed by atoms with Crippen molar-refractivity contribution in [3.63, 3.8) is 0 Å². The minimum atomic E-state index is -0.155. The maximum atomic E-state index is 11.9. The van der Waals surface area contributed by atoms with E-state index in [0.29, 0.717) is 25.2 Å². The number of amides is 1. The van der Waals surface area contributed by atoms with Gasteiger partial charge in [-0.15, -0.1) is 0 Å². The molecule has 1 saturated heterocycles. The van der Waals surface area contributed by atoms with Crippen molar-refractivity contribution in [2.75, 3.05) is 19.8 Å². The van der Waals surface area contributed by atoms with Crippen LogP contribution in [0.3, 0.4) is 0 Å². The summed E-state index contributed by atoms with van der Waals surface area (Å²) in [6, 6.07) is 0.149. The standard InChI is InChI=1S/C12H22N2O2/c1-9(10-4-2-3-5-10)14-12(15)11-8-16-7-6-13-11/h9-11,13H,2-8H2,1H3,(H,14,15). The first-order valence-electron chi connectivity index (χ1n) is 6.39. The number of rotatable bonds is 3. The van der Waals surface area contributed by atoms with Gasteiger partial charge in [-0.05, 0) is 25.7 Å². The van der Waals surface area contributed by atoms with Gasteiger partial charge in [-0.2, -0.15) is 0 Å². The second-order valence-corrected chi connectivity index (χ2v) is 4.92. The zero-order valence-corrected chi connectivity index (χ0v) is 10.00. The molecule has 2 unspecified atom stereocenters. The highest BCUT2D eigenvalue weighted by atomic mass is 16.5.